The number of nitrogens with one attached hydrogen (secondary N) is 2. The van der Waals surface area contributed by atoms with Crippen molar-refractivity contribution in [1.29, 1.82) is 0 Å². The second kappa shape index (κ2) is 6.82. The topological polar surface area (TPSA) is 151 Å². The molecule has 4 N–H and O–H groups in total. The summed E-state index contributed by atoms with van der Waals surface area (Å²) in [6, 6.07) is -0.977. The molecule has 1 atom stereocenters. The van der Waals surface area contributed by atoms with Gasteiger partial charge in [-0.15, -0.1) is 16.4 Å². The number of carbonyl (C=O) groups excluding carboxylic acids is 2. The summed E-state index contributed by atoms with van der Waals surface area (Å²) in [5, 5.41) is 12.7. The van der Waals surface area contributed by atoms with Crippen molar-refractivity contribution < 1.29 is 27.6 Å². The lowest BCUT2D eigenvalue weighted by Crippen LogP contribution is -2.65. The van der Waals surface area contributed by atoms with Crippen LogP contribution in [0.3, 0.4) is 0 Å². The number of carbonyl (C=O) groups is 2. The molecule has 11 nitrogen and oxygen atoms in total. The Kier molecular flexibility index (Phi) is 4.69. The maximum Gasteiger partial charge on any atom is 0.453 e. The third-order valence-corrected chi connectivity index (χ3v) is 4.05. The Morgan fingerprint density at radius 2 is 2.26 bits per heavy atom. The van der Waals surface area contributed by atoms with Crippen LogP contribution >= 0.6 is 11.3 Å². The standard InChI is InChI=1S/C12H11F3N8O3S/c1-26-22-6(5-3-27-10(16)18-5)7(24)17-4-2-23(8(4)25)11-19-9(20-21-11)12(13,14)15/h3-4H,2H2,1H3,(H2,16,18)(H,17,24)(H,19,20,21)/t4-/m0/s1. The molecule has 1 saturated heterocycles. The number of H-pyrrole nitrogens is 1. The molecule has 2 amide bonds. The molecular weight excluding hydrogens is 393 g/mol. The fourth-order valence-electron chi connectivity index (χ4n) is 2.14. The van der Waals surface area contributed by atoms with Gasteiger partial charge in [0.1, 0.15) is 18.8 Å². The molecule has 0 bridgehead atoms. The molecule has 0 aliphatic carbocycles. The summed E-state index contributed by atoms with van der Waals surface area (Å²) >= 11 is 1.08. The minimum Gasteiger partial charge on any atom is -0.398 e. The highest BCUT2D eigenvalue weighted by atomic mass is 32.1. The van der Waals surface area contributed by atoms with Gasteiger partial charge in [-0.25, -0.2) is 10.1 Å². The number of rotatable bonds is 5. The average Bonchev–Trinajstić information content (AvgIpc) is 3.24. The van der Waals surface area contributed by atoms with Crippen LogP contribution in [-0.2, 0) is 20.6 Å². The lowest BCUT2D eigenvalue weighted by atomic mass is 10.1. The highest BCUT2D eigenvalue weighted by Crippen LogP contribution is 2.28. The number of thiazole rings is 1. The first kappa shape index (κ1) is 18.6. The summed E-state index contributed by atoms with van der Waals surface area (Å²) in [5.41, 5.74) is 5.47. The lowest BCUT2D eigenvalue weighted by Gasteiger charge is -2.36. The molecule has 0 spiro atoms. The van der Waals surface area contributed by atoms with E-state index in [2.05, 4.69) is 30.4 Å². The van der Waals surface area contributed by atoms with Crippen LogP contribution in [0.2, 0.25) is 0 Å². The molecule has 1 aliphatic rings. The number of alkyl halides is 3. The van der Waals surface area contributed by atoms with Gasteiger partial charge in [-0.1, -0.05) is 5.16 Å². The first-order valence-corrected chi connectivity index (χ1v) is 8.03. The third-order valence-electron chi connectivity index (χ3n) is 3.38. The van der Waals surface area contributed by atoms with E-state index in [1.807, 2.05) is 5.10 Å². The highest BCUT2D eigenvalue weighted by molar-refractivity contribution is 7.13. The zero-order chi connectivity index (χ0) is 19.8. The molecule has 0 unspecified atom stereocenters. The summed E-state index contributed by atoms with van der Waals surface area (Å²) in [7, 11) is 1.22. The van der Waals surface area contributed by atoms with Crippen LogP contribution in [0, 0.1) is 0 Å². The van der Waals surface area contributed by atoms with Gasteiger partial charge in [-0.2, -0.15) is 18.2 Å². The zero-order valence-corrected chi connectivity index (χ0v) is 14.3. The second-order valence-corrected chi connectivity index (χ2v) is 6.04. The quantitative estimate of drug-likeness (QED) is 0.353. The van der Waals surface area contributed by atoms with Crippen LogP contribution in [0.15, 0.2) is 10.5 Å². The molecule has 15 heteroatoms. The van der Waals surface area contributed by atoms with E-state index in [0.717, 1.165) is 16.2 Å². The summed E-state index contributed by atoms with van der Waals surface area (Å²) in [6.07, 6.45) is -4.74. The molecule has 0 saturated carbocycles. The number of aromatic amines is 1. The number of hydrogen-bond donors (Lipinski definition) is 3. The molecule has 27 heavy (non-hydrogen) atoms. The average molecular weight is 404 g/mol. The Morgan fingerprint density at radius 1 is 1.52 bits per heavy atom. The van der Waals surface area contributed by atoms with Crippen LogP contribution in [0.25, 0.3) is 0 Å². The predicted molar refractivity (Wildman–Crippen MR) is 85.7 cm³/mol. The number of β-lactam (4-membered cyclic amide) rings is 1. The molecular formula is C12H11F3N8O3S. The van der Waals surface area contributed by atoms with E-state index in [9.17, 15) is 22.8 Å². The van der Waals surface area contributed by atoms with Crippen LogP contribution in [0.5, 0.6) is 0 Å². The molecule has 1 fully saturated rings. The van der Waals surface area contributed by atoms with E-state index in [0.29, 0.717) is 0 Å². The highest BCUT2D eigenvalue weighted by Gasteiger charge is 2.43. The number of amides is 2. The van der Waals surface area contributed by atoms with Gasteiger partial charge < -0.3 is 15.9 Å². The fourth-order valence-corrected chi connectivity index (χ4v) is 2.69. The van der Waals surface area contributed by atoms with Crippen molar-refractivity contribution in [2.75, 3.05) is 24.3 Å². The first-order chi connectivity index (χ1) is 12.7. The Balaban J connectivity index is 1.66. The number of nitrogen functional groups attached to an aromatic ring is 1. The lowest BCUT2D eigenvalue weighted by molar-refractivity contribution is -0.144. The van der Waals surface area contributed by atoms with E-state index in [1.54, 1.807) is 0 Å². The largest absolute Gasteiger partial charge is 0.453 e. The second-order valence-electron chi connectivity index (χ2n) is 5.15. The molecule has 3 heterocycles. The minimum absolute atomic E-state index is 0.101. The summed E-state index contributed by atoms with van der Waals surface area (Å²) < 4.78 is 37.5. The minimum atomic E-state index is -4.74. The van der Waals surface area contributed by atoms with E-state index in [1.165, 1.54) is 12.5 Å². The van der Waals surface area contributed by atoms with Crippen LogP contribution < -0.4 is 16.0 Å². The summed E-state index contributed by atoms with van der Waals surface area (Å²) in [5.74, 6) is -3.18. The SMILES string of the molecule is CON=C(C(=O)N[C@H]1CN(c2nc(C(F)(F)F)n[nH]2)C1=O)c1csc(N)n1. The Labute approximate surface area is 152 Å². The van der Waals surface area contributed by atoms with Gasteiger partial charge in [-0.3, -0.25) is 14.5 Å². The Bertz CT molecular complexity index is 908. The van der Waals surface area contributed by atoms with Gasteiger partial charge in [0.25, 0.3) is 17.6 Å². The number of nitrogens with zero attached hydrogens (tertiary/aromatic N) is 5. The van der Waals surface area contributed by atoms with E-state index in [-0.39, 0.29) is 29.0 Å². The van der Waals surface area contributed by atoms with Gasteiger partial charge in [0.05, 0.1) is 6.54 Å². The van der Waals surface area contributed by atoms with Crippen LogP contribution in [-0.4, -0.2) is 57.4 Å². The third kappa shape index (κ3) is 3.67. The first-order valence-electron chi connectivity index (χ1n) is 7.15. The van der Waals surface area contributed by atoms with E-state index >= 15 is 0 Å². The van der Waals surface area contributed by atoms with Crippen molar-refractivity contribution in [2.24, 2.45) is 5.16 Å². The predicted octanol–water partition coefficient (Wildman–Crippen LogP) is -0.256. The van der Waals surface area contributed by atoms with Crippen molar-refractivity contribution in [3.05, 3.63) is 16.9 Å². The molecule has 2 aromatic rings. The number of oxime groups is 1. The molecule has 3 rings (SSSR count). The van der Waals surface area contributed by atoms with E-state index in [4.69, 9.17) is 5.73 Å². The van der Waals surface area contributed by atoms with Crippen molar-refractivity contribution in [2.45, 2.75) is 12.2 Å². The van der Waals surface area contributed by atoms with Gasteiger partial charge in [0.15, 0.2) is 10.8 Å². The monoisotopic (exact) mass is 404 g/mol. The molecule has 0 radical (unpaired) electrons. The number of anilines is 2. The summed E-state index contributed by atoms with van der Waals surface area (Å²) in [4.78, 5) is 37.1. The molecule has 144 valence electrons. The molecule has 0 aromatic carbocycles. The molecule has 1 aliphatic heterocycles. The van der Waals surface area contributed by atoms with Gasteiger partial charge >= 0.3 is 6.18 Å². The normalized spacial score (nSPS) is 17.6. The summed E-state index contributed by atoms with van der Waals surface area (Å²) in [6.45, 7) is -0.101. The van der Waals surface area contributed by atoms with Gasteiger partial charge in [-0.05, 0) is 0 Å². The number of nitrogens with two attached hydrogens (primary N) is 1. The number of aromatic nitrogens is 4. The Hall–Kier alpha value is -3.23. The van der Waals surface area contributed by atoms with Crippen molar-refractivity contribution >= 4 is 39.9 Å². The van der Waals surface area contributed by atoms with Gasteiger partial charge in [0, 0.05) is 5.38 Å². The van der Waals surface area contributed by atoms with E-state index < -0.39 is 29.9 Å². The fraction of sp³-hybridized carbons (Fsp3) is 0.333. The van der Waals surface area contributed by atoms with Crippen molar-refractivity contribution in [3.8, 4) is 0 Å². The van der Waals surface area contributed by atoms with Crippen LogP contribution in [0.1, 0.15) is 11.5 Å². The molecule has 2 aromatic heterocycles. The smallest absolute Gasteiger partial charge is 0.398 e. The van der Waals surface area contributed by atoms with Crippen LogP contribution in [0.4, 0.5) is 24.3 Å². The number of hydrogen-bond acceptors (Lipinski definition) is 9. The zero-order valence-electron chi connectivity index (χ0n) is 13.4. The maximum atomic E-state index is 12.5. The van der Waals surface area contributed by atoms with Gasteiger partial charge in [0.2, 0.25) is 5.95 Å². The number of halogens is 3. The Morgan fingerprint density at radius 3 is 2.78 bits per heavy atom. The van der Waals surface area contributed by atoms with Crippen molar-refractivity contribution in [1.82, 2.24) is 25.5 Å². The maximum absolute atomic E-state index is 12.5. The van der Waals surface area contributed by atoms with Crippen molar-refractivity contribution in [3.63, 3.8) is 0 Å².